The molecule has 0 fully saturated rings. The van der Waals surface area contributed by atoms with E-state index in [9.17, 15) is 19.4 Å². The molecule has 0 radical (unpaired) electrons. The van der Waals surface area contributed by atoms with Crippen LogP contribution in [0.2, 0.25) is 0 Å². The van der Waals surface area contributed by atoms with Gasteiger partial charge in [-0.25, -0.2) is 0 Å². The molecule has 0 saturated carbocycles. The Balaban J connectivity index is 4.18. The summed E-state index contributed by atoms with van der Waals surface area (Å²) in [5.41, 5.74) is 0. The van der Waals surface area contributed by atoms with Crippen LogP contribution in [0.25, 0.3) is 0 Å². The second-order valence-electron chi connectivity index (χ2n) is 21.8. The van der Waals surface area contributed by atoms with Crippen molar-refractivity contribution in [1.82, 2.24) is 0 Å². The molecule has 0 aliphatic carbocycles. The number of rotatable bonds is 56. The molecule has 0 bridgehead atoms. The third kappa shape index (κ3) is 57.4. The molecule has 0 aliphatic heterocycles. The fourth-order valence-electron chi connectivity index (χ4n) is 8.65. The van der Waals surface area contributed by atoms with E-state index in [-0.39, 0.29) is 32.0 Å². The Kier molecular flexibility index (Phi) is 52.5. The number of unbranched alkanes of at least 4 members (excludes halogenated alkanes) is 36. The second kappa shape index (κ2) is 53.9. The van der Waals surface area contributed by atoms with Gasteiger partial charge in [-0.3, -0.25) is 9.59 Å². The van der Waals surface area contributed by atoms with Crippen LogP contribution in [0.4, 0.5) is 0 Å². The monoisotopic (exact) mass is 1030 g/mol. The maximum absolute atomic E-state index is 12.8. The molecule has 1 unspecified atom stereocenters. The van der Waals surface area contributed by atoms with Crippen LogP contribution in [0.5, 0.6) is 0 Å². The average Bonchev–Trinajstić information content (AvgIpc) is 3.34. The molecule has 10 heteroatoms. The van der Waals surface area contributed by atoms with Crippen molar-refractivity contribution in [3.63, 3.8) is 0 Å². The summed E-state index contributed by atoms with van der Waals surface area (Å²) in [6.45, 7) is 4.45. The first-order chi connectivity index (χ1) is 35.0. The average molecular weight is 1040 g/mol. The van der Waals surface area contributed by atoms with Crippen LogP contribution in [0.1, 0.15) is 284 Å². The zero-order valence-corrected chi connectivity index (χ0v) is 48.8. The summed E-state index contributed by atoms with van der Waals surface area (Å²) in [4.78, 5) is 48.3. The van der Waals surface area contributed by atoms with E-state index in [2.05, 4.69) is 62.5 Å². The Morgan fingerprint density at radius 3 is 1.08 bits per heavy atom. The molecular formula is C62H117NO8P+. The first-order valence-corrected chi connectivity index (χ1v) is 31.9. The number of ether oxygens (including phenoxy) is 2. The van der Waals surface area contributed by atoms with Gasteiger partial charge >= 0.3 is 20.1 Å². The normalized spacial score (nSPS) is 13.6. The minimum atomic E-state index is -4.39. The van der Waals surface area contributed by atoms with Gasteiger partial charge in [0.2, 0.25) is 0 Å². The standard InChI is InChI=1S/C62H116NO8P/c1-6-8-10-12-14-16-18-20-22-24-26-28-30-32-34-36-38-40-42-44-46-48-50-52-54-61(64)68-58-60(59-70-72(66,67)69-57-56-63(3,4)5)71-62(65)55-53-51-49-47-45-43-41-39-37-35-33-31-29-27-25-23-21-19-17-15-13-11-9-7-2/h30-37,60H,6-29,38-59H2,1-5H3/p+1/b32-30+,33-31+,36-34+,37-35+/t60-/m1/s1. The summed E-state index contributed by atoms with van der Waals surface area (Å²) < 4.78 is 22.0. The summed E-state index contributed by atoms with van der Waals surface area (Å²) >= 11 is 0. The number of phosphoric acid groups is 1. The van der Waals surface area contributed by atoms with E-state index in [1.807, 2.05) is 21.1 Å². The molecule has 0 aromatic heterocycles. The van der Waals surface area contributed by atoms with Crippen LogP contribution in [0.3, 0.4) is 0 Å². The molecule has 72 heavy (non-hydrogen) atoms. The summed E-state index contributed by atoms with van der Waals surface area (Å²) in [6, 6.07) is 0. The molecule has 9 nitrogen and oxygen atoms in total. The van der Waals surface area contributed by atoms with E-state index in [1.54, 1.807) is 0 Å². The number of hydrogen-bond donors (Lipinski definition) is 1. The van der Waals surface area contributed by atoms with Gasteiger partial charge in [-0.05, 0) is 64.2 Å². The van der Waals surface area contributed by atoms with Crippen molar-refractivity contribution >= 4 is 20.1 Å². The molecule has 0 amide bonds. The Bertz CT molecular complexity index is 1290. The largest absolute Gasteiger partial charge is 0.606 e. The summed E-state index contributed by atoms with van der Waals surface area (Å²) in [7, 11) is 1.47. The summed E-state index contributed by atoms with van der Waals surface area (Å²) in [6.07, 6.45) is 67.6. The van der Waals surface area contributed by atoms with E-state index in [0.717, 1.165) is 57.8 Å². The van der Waals surface area contributed by atoms with Gasteiger partial charge in [-0.2, -0.15) is 13.9 Å². The van der Waals surface area contributed by atoms with Crippen LogP contribution in [0.15, 0.2) is 48.6 Å². The van der Waals surface area contributed by atoms with Crippen LogP contribution in [-0.4, -0.2) is 74.9 Å². The summed E-state index contributed by atoms with van der Waals surface area (Å²) in [5.74, 6) is -0.809. The topological polar surface area (TPSA) is 114 Å². The van der Waals surface area contributed by atoms with Gasteiger partial charge in [0.1, 0.15) is 26.4 Å². The lowest BCUT2D eigenvalue weighted by atomic mass is 10.1. The number of allylic oxidation sites excluding steroid dienone is 8. The molecule has 0 heterocycles. The number of hydrogen-bond acceptors (Lipinski definition) is 8. The van der Waals surface area contributed by atoms with Crippen LogP contribution >= 0.6 is 8.17 Å². The van der Waals surface area contributed by atoms with Crippen molar-refractivity contribution in [2.45, 2.75) is 290 Å². The molecular weight excluding hydrogens is 918 g/mol. The number of nitrogens with zero attached hydrogens (tertiary/aromatic N) is 1. The maximum atomic E-state index is 12.8. The third-order valence-electron chi connectivity index (χ3n) is 13.4. The molecule has 0 rings (SSSR count). The number of carbonyl (C=O) groups is 2. The quantitative estimate of drug-likeness (QED) is 0.0211. The van der Waals surface area contributed by atoms with Crippen molar-refractivity contribution in [3.05, 3.63) is 48.6 Å². The zero-order valence-electron chi connectivity index (χ0n) is 47.9. The maximum Gasteiger partial charge on any atom is 0.377 e. The highest BCUT2D eigenvalue weighted by Gasteiger charge is 2.31. The Labute approximate surface area is 446 Å². The number of carbonyl (C=O) groups excluding carboxylic acids is 2. The van der Waals surface area contributed by atoms with Gasteiger partial charge in [-0.15, -0.1) is 0 Å². The first-order valence-electron chi connectivity index (χ1n) is 30.4. The second-order valence-corrected chi connectivity index (χ2v) is 23.2. The summed E-state index contributed by atoms with van der Waals surface area (Å²) in [5, 5.41) is 0. The fraction of sp³-hybridized carbons (Fsp3) is 0.839. The number of phosphoric ester groups is 1. The molecule has 422 valence electrons. The van der Waals surface area contributed by atoms with Gasteiger partial charge < -0.3 is 18.9 Å². The lowest BCUT2D eigenvalue weighted by Crippen LogP contribution is -2.38. The number of esters is 2. The lowest BCUT2D eigenvalue weighted by Gasteiger charge is -2.26. The highest BCUT2D eigenvalue weighted by atomic mass is 31.2. The number of likely N-dealkylation sites (N-methyl/N-ethyl adjacent to an activating group) is 1. The molecule has 0 aromatic rings. The lowest BCUT2D eigenvalue weighted by molar-refractivity contribution is -0.870. The fourth-order valence-corrected chi connectivity index (χ4v) is 9.39. The van der Waals surface area contributed by atoms with Gasteiger partial charge in [-0.1, -0.05) is 255 Å². The zero-order chi connectivity index (χ0) is 52.7. The van der Waals surface area contributed by atoms with Crippen LogP contribution < -0.4 is 4.89 Å². The molecule has 0 aromatic carbocycles. The Morgan fingerprint density at radius 2 is 0.750 bits per heavy atom. The van der Waals surface area contributed by atoms with E-state index < -0.39 is 26.9 Å². The van der Waals surface area contributed by atoms with Crippen molar-refractivity contribution in [3.8, 4) is 0 Å². The minimum absolute atomic E-state index is 0.0275. The van der Waals surface area contributed by atoms with Crippen LogP contribution in [-0.2, 0) is 28.1 Å². The van der Waals surface area contributed by atoms with Crippen molar-refractivity contribution in [2.75, 3.05) is 47.5 Å². The van der Waals surface area contributed by atoms with Crippen LogP contribution in [0, 0.1) is 0 Å². The smallest absolute Gasteiger partial charge is 0.377 e. The Hall–Kier alpha value is -1.87. The highest BCUT2D eigenvalue weighted by molar-refractivity contribution is 7.52. The first kappa shape index (κ1) is 70.1. The van der Waals surface area contributed by atoms with Crippen molar-refractivity contribution < 1.29 is 42.4 Å². The van der Waals surface area contributed by atoms with Gasteiger partial charge in [0.05, 0.1) is 21.1 Å². The SMILES string of the molecule is CCCCCCCCCCCCC/C=C/C=C/CCCCCCCCCC(=O)OC[C@H](CO[P+]([O-])(O)OCC[N+](C)(C)C)OC(=O)CCCCCCCCC/C=C/C=C/CCCCCCCCCCCCC. The minimum Gasteiger partial charge on any atom is -0.606 e. The van der Waals surface area contributed by atoms with E-state index >= 15 is 0 Å². The van der Waals surface area contributed by atoms with E-state index in [0.29, 0.717) is 17.4 Å². The Morgan fingerprint density at radius 1 is 0.444 bits per heavy atom. The number of quaternary nitrogens is 1. The molecule has 2 atom stereocenters. The third-order valence-corrected chi connectivity index (χ3v) is 14.4. The van der Waals surface area contributed by atoms with Gasteiger partial charge in [0.25, 0.3) is 0 Å². The molecule has 0 spiro atoms. The van der Waals surface area contributed by atoms with Crippen molar-refractivity contribution in [1.29, 1.82) is 0 Å². The molecule has 1 N–H and O–H groups in total. The highest BCUT2D eigenvalue weighted by Crippen LogP contribution is 2.47. The molecule has 0 saturated heterocycles. The van der Waals surface area contributed by atoms with Gasteiger partial charge in [0.15, 0.2) is 6.10 Å². The van der Waals surface area contributed by atoms with Crippen molar-refractivity contribution in [2.24, 2.45) is 0 Å². The predicted octanol–water partition coefficient (Wildman–Crippen LogP) is 17.9. The van der Waals surface area contributed by atoms with E-state index in [4.69, 9.17) is 18.5 Å². The van der Waals surface area contributed by atoms with E-state index in [1.165, 1.54) is 193 Å². The predicted molar refractivity (Wildman–Crippen MR) is 307 cm³/mol. The molecule has 0 aliphatic rings. The van der Waals surface area contributed by atoms with Gasteiger partial charge in [0, 0.05) is 12.8 Å².